The van der Waals surface area contributed by atoms with Gasteiger partial charge in [-0.15, -0.1) is 0 Å². The van der Waals surface area contributed by atoms with Gasteiger partial charge in [0.15, 0.2) is 17.5 Å². The Morgan fingerprint density at radius 3 is 1.72 bits per heavy atom. The van der Waals surface area contributed by atoms with Crippen molar-refractivity contribution >= 4 is 21.8 Å². The number of fused-ring (bicyclic) bond motifs is 3. The zero-order valence-electron chi connectivity index (χ0n) is 23.2. The van der Waals surface area contributed by atoms with E-state index in [1.807, 2.05) is 48.5 Å². The number of hydrogen-bond donors (Lipinski definition) is 0. The Morgan fingerprint density at radius 1 is 0.395 bits per heavy atom. The topological polar surface area (TPSA) is 56.5 Å². The minimum Gasteiger partial charge on any atom is -0.309 e. The third-order valence-corrected chi connectivity index (χ3v) is 7.72. The van der Waals surface area contributed by atoms with Gasteiger partial charge in [0.25, 0.3) is 0 Å². The summed E-state index contributed by atoms with van der Waals surface area (Å²) < 4.78 is 2.34. The molecule has 5 heteroatoms. The largest absolute Gasteiger partial charge is 0.309 e. The van der Waals surface area contributed by atoms with Gasteiger partial charge < -0.3 is 4.57 Å². The standard InChI is InChI=1S/C38H25N5/c1-3-11-27(12-4-1)36-40-37(42-38(41-36)33-16-9-10-24-39-33)28-20-18-26(19-21-28)29-22-23-35-32(25-29)31-15-7-8-17-34(31)43(35)30-13-5-2-6-14-30/h1-25H. The summed E-state index contributed by atoms with van der Waals surface area (Å²) in [6, 6.07) is 50.0. The first kappa shape index (κ1) is 24.8. The van der Waals surface area contributed by atoms with Crippen LogP contribution in [0.15, 0.2) is 152 Å². The molecule has 8 rings (SSSR count). The van der Waals surface area contributed by atoms with Crippen molar-refractivity contribution in [2.75, 3.05) is 0 Å². The number of rotatable bonds is 5. The second-order valence-electron chi connectivity index (χ2n) is 10.4. The fourth-order valence-corrected chi connectivity index (χ4v) is 5.65. The Balaban J connectivity index is 1.21. The van der Waals surface area contributed by atoms with E-state index in [-0.39, 0.29) is 0 Å². The predicted molar refractivity (Wildman–Crippen MR) is 174 cm³/mol. The van der Waals surface area contributed by atoms with Crippen molar-refractivity contribution in [2.24, 2.45) is 0 Å². The van der Waals surface area contributed by atoms with Crippen LogP contribution in [0.5, 0.6) is 0 Å². The summed E-state index contributed by atoms with van der Waals surface area (Å²) in [6.45, 7) is 0. The lowest BCUT2D eigenvalue weighted by atomic mass is 10.0. The quantitative estimate of drug-likeness (QED) is 0.214. The van der Waals surface area contributed by atoms with Crippen LogP contribution < -0.4 is 0 Å². The fourth-order valence-electron chi connectivity index (χ4n) is 5.65. The molecule has 0 unspecified atom stereocenters. The van der Waals surface area contributed by atoms with Gasteiger partial charge in [0.1, 0.15) is 5.69 Å². The van der Waals surface area contributed by atoms with Crippen LogP contribution in [-0.2, 0) is 0 Å². The lowest BCUT2D eigenvalue weighted by Gasteiger charge is -2.09. The van der Waals surface area contributed by atoms with Crippen molar-refractivity contribution < 1.29 is 0 Å². The van der Waals surface area contributed by atoms with E-state index >= 15 is 0 Å². The summed E-state index contributed by atoms with van der Waals surface area (Å²) >= 11 is 0. The third-order valence-electron chi connectivity index (χ3n) is 7.72. The first-order valence-electron chi connectivity index (χ1n) is 14.2. The molecule has 0 spiro atoms. The number of aromatic nitrogens is 5. The van der Waals surface area contributed by atoms with Gasteiger partial charge in [-0.05, 0) is 53.6 Å². The second-order valence-corrected chi connectivity index (χ2v) is 10.4. The van der Waals surface area contributed by atoms with Gasteiger partial charge in [0, 0.05) is 33.8 Å². The Kier molecular flexibility index (Phi) is 6.05. The first-order valence-corrected chi connectivity index (χ1v) is 14.2. The molecular formula is C38H25N5. The molecular weight excluding hydrogens is 526 g/mol. The zero-order valence-corrected chi connectivity index (χ0v) is 23.2. The molecule has 202 valence electrons. The van der Waals surface area contributed by atoms with Gasteiger partial charge in [-0.2, -0.15) is 0 Å². The van der Waals surface area contributed by atoms with E-state index in [9.17, 15) is 0 Å². The Labute approximate surface area is 248 Å². The van der Waals surface area contributed by atoms with E-state index in [1.165, 1.54) is 21.8 Å². The first-order chi connectivity index (χ1) is 21.3. The average molecular weight is 552 g/mol. The summed E-state index contributed by atoms with van der Waals surface area (Å²) in [5.74, 6) is 1.78. The van der Waals surface area contributed by atoms with Crippen molar-refractivity contribution in [3.63, 3.8) is 0 Å². The Hall–Kier alpha value is -5.94. The Bertz CT molecular complexity index is 2150. The molecule has 0 bridgehead atoms. The molecule has 0 fully saturated rings. The van der Waals surface area contributed by atoms with E-state index in [0.717, 1.165) is 27.9 Å². The lowest BCUT2D eigenvalue weighted by Crippen LogP contribution is -2.00. The van der Waals surface area contributed by atoms with Crippen molar-refractivity contribution in [3.05, 3.63) is 152 Å². The number of nitrogens with zero attached hydrogens (tertiary/aromatic N) is 5. The number of hydrogen-bond acceptors (Lipinski definition) is 4. The van der Waals surface area contributed by atoms with Crippen LogP contribution in [0.3, 0.4) is 0 Å². The summed E-state index contributed by atoms with van der Waals surface area (Å²) in [5.41, 5.74) is 8.39. The molecule has 5 aromatic carbocycles. The van der Waals surface area contributed by atoms with Crippen molar-refractivity contribution in [3.8, 4) is 51.1 Å². The van der Waals surface area contributed by atoms with E-state index < -0.39 is 0 Å². The monoisotopic (exact) mass is 551 g/mol. The molecule has 0 atom stereocenters. The molecule has 0 amide bonds. The van der Waals surface area contributed by atoms with Crippen LogP contribution in [0, 0.1) is 0 Å². The molecule has 0 aliphatic heterocycles. The Morgan fingerprint density at radius 2 is 0.977 bits per heavy atom. The normalized spacial score (nSPS) is 11.3. The van der Waals surface area contributed by atoms with Crippen LogP contribution in [0.25, 0.3) is 72.9 Å². The molecule has 43 heavy (non-hydrogen) atoms. The molecule has 0 radical (unpaired) electrons. The maximum absolute atomic E-state index is 4.86. The van der Waals surface area contributed by atoms with E-state index in [1.54, 1.807) is 6.20 Å². The molecule has 3 aromatic heterocycles. The summed E-state index contributed by atoms with van der Waals surface area (Å²) in [5, 5.41) is 2.46. The van der Waals surface area contributed by atoms with Crippen LogP contribution >= 0.6 is 0 Å². The summed E-state index contributed by atoms with van der Waals surface area (Å²) in [6.07, 6.45) is 1.75. The highest BCUT2D eigenvalue weighted by Gasteiger charge is 2.15. The molecule has 5 nitrogen and oxygen atoms in total. The van der Waals surface area contributed by atoms with Crippen LogP contribution in [0.4, 0.5) is 0 Å². The number of para-hydroxylation sites is 2. The summed E-state index contributed by atoms with van der Waals surface area (Å²) in [7, 11) is 0. The van der Waals surface area contributed by atoms with Crippen molar-refractivity contribution in [2.45, 2.75) is 0 Å². The molecule has 0 saturated heterocycles. The van der Waals surface area contributed by atoms with E-state index in [0.29, 0.717) is 23.2 Å². The van der Waals surface area contributed by atoms with E-state index in [4.69, 9.17) is 15.0 Å². The van der Waals surface area contributed by atoms with Gasteiger partial charge in [-0.3, -0.25) is 4.98 Å². The zero-order chi connectivity index (χ0) is 28.6. The smallest absolute Gasteiger partial charge is 0.182 e. The highest BCUT2D eigenvalue weighted by Crippen LogP contribution is 2.35. The average Bonchev–Trinajstić information content (AvgIpc) is 3.43. The highest BCUT2D eigenvalue weighted by atomic mass is 15.0. The van der Waals surface area contributed by atoms with Crippen molar-refractivity contribution in [1.82, 2.24) is 24.5 Å². The van der Waals surface area contributed by atoms with Gasteiger partial charge in [-0.1, -0.05) is 103 Å². The van der Waals surface area contributed by atoms with Crippen LogP contribution in [-0.4, -0.2) is 24.5 Å². The molecule has 0 aliphatic carbocycles. The highest BCUT2D eigenvalue weighted by molar-refractivity contribution is 6.10. The maximum atomic E-state index is 4.86. The third kappa shape index (κ3) is 4.53. The van der Waals surface area contributed by atoms with Crippen LogP contribution in [0.1, 0.15) is 0 Å². The van der Waals surface area contributed by atoms with Crippen LogP contribution in [0.2, 0.25) is 0 Å². The predicted octanol–water partition coefficient (Wildman–Crippen LogP) is 9.03. The van der Waals surface area contributed by atoms with E-state index in [2.05, 4.69) is 107 Å². The minimum absolute atomic E-state index is 0.550. The second kappa shape index (κ2) is 10.5. The lowest BCUT2D eigenvalue weighted by molar-refractivity contribution is 1.06. The molecule has 0 saturated carbocycles. The summed E-state index contributed by atoms with van der Waals surface area (Å²) in [4.78, 5) is 18.9. The van der Waals surface area contributed by atoms with Gasteiger partial charge in [-0.25, -0.2) is 15.0 Å². The number of pyridine rings is 1. The minimum atomic E-state index is 0.550. The fraction of sp³-hybridized carbons (Fsp3) is 0. The number of benzene rings is 5. The molecule has 0 N–H and O–H groups in total. The van der Waals surface area contributed by atoms with Gasteiger partial charge >= 0.3 is 0 Å². The van der Waals surface area contributed by atoms with Gasteiger partial charge in [0.05, 0.1) is 11.0 Å². The molecule has 8 aromatic rings. The molecule has 3 heterocycles. The van der Waals surface area contributed by atoms with Crippen molar-refractivity contribution in [1.29, 1.82) is 0 Å². The molecule has 0 aliphatic rings. The SMILES string of the molecule is c1ccc(-c2nc(-c3ccc(-c4ccc5c(c4)c4ccccc4n5-c4ccccc4)cc3)nc(-c3ccccn3)n2)cc1. The maximum Gasteiger partial charge on any atom is 0.182 e. The van der Waals surface area contributed by atoms with Gasteiger partial charge in [0.2, 0.25) is 0 Å².